The molecule has 3 rings (SSSR count). The standard InChI is InChI=1S/C28H57O19P3.C14H29O4P.C12H28NOP.C3H8O3.4Y/c1-18-23(31)25(33)21(14-29)45-27(18)39-10-6-4-8-12-41-49(36)43-16-20(47-48(35)38-3)17-44-50(37)42-13-9-5-7-11-40-28-19(2)24(32)26(34)22(15-30)46-28;1-6-12(7-2)18-19(15)16-9-14-13(8-3)10(4)11(5)17-14;1-8-12(9-2)14-15(7)13(10(3)4)11(5)6;4-1-3(6)2-5;;;;/h18-34,48-50H,4-17H2,1-3H3;10-14,19H,6-9H2,1-5H3;10-12H,8-9H2,1-7H3;3-6H,1-2H2;;;;/t;10-,11-,13-,14+;;;;;;/m.0....../s1. The van der Waals surface area contributed by atoms with Gasteiger partial charge in [-0.25, -0.2) is 0 Å². The first-order valence-corrected chi connectivity index (χ1v) is 38.7. The summed E-state index contributed by atoms with van der Waals surface area (Å²) in [5.41, 5.74) is 0. The average molecular weight is 1760 g/mol. The van der Waals surface area contributed by atoms with Crippen molar-refractivity contribution in [3.8, 4) is 0 Å². The van der Waals surface area contributed by atoms with Gasteiger partial charge in [0.25, 0.3) is 0 Å². The van der Waals surface area contributed by atoms with Gasteiger partial charge >= 0.3 is 33.0 Å². The Bertz CT molecular complexity index is 1780. The Morgan fingerprint density at radius 2 is 0.904 bits per heavy atom. The van der Waals surface area contributed by atoms with Crippen molar-refractivity contribution < 1.29 is 259 Å². The first-order valence-electron chi connectivity index (χ1n) is 32.1. The van der Waals surface area contributed by atoms with Crippen LogP contribution in [0.5, 0.6) is 0 Å². The van der Waals surface area contributed by atoms with Gasteiger partial charge in [0.2, 0.25) is 0 Å². The summed E-state index contributed by atoms with van der Waals surface area (Å²) < 4.78 is 126. The molecule has 94 heavy (non-hydrogen) atoms. The van der Waals surface area contributed by atoms with E-state index in [4.69, 9.17) is 75.2 Å². The van der Waals surface area contributed by atoms with Crippen LogP contribution in [0.4, 0.5) is 0 Å². The summed E-state index contributed by atoms with van der Waals surface area (Å²) in [6.45, 7) is 28.4. The van der Waals surface area contributed by atoms with Crippen molar-refractivity contribution >= 4 is 41.3 Å². The van der Waals surface area contributed by atoms with Gasteiger partial charge in [-0.05, 0) is 117 Å². The van der Waals surface area contributed by atoms with Gasteiger partial charge in [0.1, 0.15) is 44.9 Å². The van der Waals surface area contributed by atoms with Gasteiger partial charge < -0.3 is 110 Å². The largest absolute Gasteiger partial charge is 0.394 e. The van der Waals surface area contributed by atoms with Gasteiger partial charge in [0, 0.05) is 175 Å². The minimum absolute atomic E-state index is 0. The van der Waals surface area contributed by atoms with Gasteiger partial charge in [-0.2, -0.15) is 0 Å². The molecule has 0 aromatic carbocycles. The molecule has 3 saturated heterocycles. The fourth-order valence-electron chi connectivity index (χ4n) is 9.77. The van der Waals surface area contributed by atoms with Crippen LogP contribution in [0.15, 0.2) is 0 Å². The van der Waals surface area contributed by atoms with Crippen LogP contribution in [0.25, 0.3) is 0 Å². The fraction of sp³-hybridized carbons (Fsp3) is 1.00. The third kappa shape index (κ3) is 45.5. The number of nitrogens with zero attached hydrogens (tertiary/aromatic N) is 1. The topological polar surface area (TPSA) is 383 Å². The molecule has 0 aromatic heterocycles. The molecule has 554 valence electrons. The summed E-state index contributed by atoms with van der Waals surface area (Å²) in [4.78, 5) is 0. The number of unbranched alkanes of at least 4 members (excludes halogenated alkanes) is 4. The van der Waals surface area contributed by atoms with E-state index in [1.165, 1.54) is 7.11 Å². The van der Waals surface area contributed by atoms with E-state index < -0.39 is 128 Å². The molecular weight excluding hydrogens is 1640 g/mol. The predicted octanol–water partition coefficient (Wildman–Crippen LogP) is 7.40. The number of rotatable bonds is 44. The Morgan fingerprint density at radius 1 is 0.500 bits per heavy atom. The second-order valence-corrected chi connectivity index (χ2v) is 29.0. The summed E-state index contributed by atoms with van der Waals surface area (Å²) in [5.74, 6) is 0.0429. The molecule has 0 aromatic rings. The van der Waals surface area contributed by atoms with Gasteiger partial charge in [0.05, 0.1) is 96.1 Å². The van der Waals surface area contributed by atoms with E-state index in [-0.39, 0.29) is 189 Å². The van der Waals surface area contributed by atoms with Crippen LogP contribution < -0.4 is 0 Å². The molecule has 3 aliphatic heterocycles. The van der Waals surface area contributed by atoms with Gasteiger partial charge in [0.15, 0.2) is 12.6 Å². The van der Waals surface area contributed by atoms with Crippen LogP contribution in [0, 0.1) is 23.7 Å². The summed E-state index contributed by atoms with van der Waals surface area (Å²) in [5, 5.41) is 82.6. The first kappa shape index (κ1) is 107. The predicted molar refractivity (Wildman–Crippen MR) is 344 cm³/mol. The maximum Gasteiger partial charge on any atom is 0.319 e. The normalized spacial score (nSPS) is 27.1. The van der Waals surface area contributed by atoms with E-state index in [9.17, 15) is 48.9 Å². The molecule has 0 saturated carbocycles. The van der Waals surface area contributed by atoms with Crippen LogP contribution in [0.2, 0.25) is 0 Å². The Balaban J connectivity index is -0.000000488. The summed E-state index contributed by atoms with van der Waals surface area (Å²) in [6, 6.07) is 1.13. The van der Waals surface area contributed by atoms with Crippen LogP contribution in [0.1, 0.15) is 161 Å². The van der Waals surface area contributed by atoms with Crippen LogP contribution in [0.3, 0.4) is 0 Å². The smallest absolute Gasteiger partial charge is 0.319 e. The zero-order valence-electron chi connectivity index (χ0n) is 58.7. The maximum absolute atomic E-state index is 12.2. The third-order valence-corrected chi connectivity index (χ3v) is 21.1. The second-order valence-electron chi connectivity index (χ2n) is 23.0. The van der Waals surface area contributed by atoms with E-state index in [2.05, 4.69) is 78.2 Å². The molecule has 15 unspecified atom stereocenters. The zero-order chi connectivity index (χ0) is 68.5. The summed E-state index contributed by atoms with van der Waals surface area (Å²) >= 11 is 0. The Labute approximate surface area is 666 Å². The van der Waals surface area contributed by atoms with Crippen molar-refractivity contribution in [1.82, 2.24) is 4.67 Å². The van der Waals surface area contributed by atoms with Gasteiger partial charge in [-0.1, -0.05) is 61.8 Å². The Morgan fingerprint density at radius 3 is 1.26 bits per heavy atom. The number of hydrogen-bond acceptors (Lipinski definition) is 28. The van der Waals surface area contributed by atoms with E-state index in [1.54, 1.807) is 13.8 Å². The van der Waals surface area contributed by atoms with Gasteiger partial charge in [-0.3, -0.25) is 22.9 Å². The quantitative estimate of drug-likeness (QED) is 0.0212. The van der Waals surface area contributed by atoms with Crippen LogP contribution >= 0.6 is 41.3 Å². The van der Waals surface area contributed by atoms with Crippen molar-refractivity contribution in [3.05, 3.63) is 0 Å². The molecule has 0 bridgehead atoms. The molecule has 19 atom stereocenters. The Hall–Kier alpha value is 4.81. The van der Waals surface area contributed by atoms with E-state index >= 15 is 0 Å². The molecule has 0 aliphatic carbocycles. The molecule has 3 heterocycles. The molecule has 4 radical (unpaired) electrons. The molecule has 3 aliphatic rings. The van der Waals surface area contributed by atoms with E-state index in [0.717, 1.165) is 32.1 Å². The van der Waals surface area contributed by atoms with Crippen molar-refractivity contribution in [3.63, 3.8) is 0 Å². The number of hydrogen-bond donors (Lipinski definition) is 9. The van der Waals surface area contributed by atoms with E-state index in [0.29, 0.717) is 88.4 Å². The van der Waals surface area contributed by atoms with Crippen molar-refractivity contribution in [1.29, 1.82) is 0 Å². The third-order valence-electron chi connectivity index (χ3n) is 15.5. The van der Waals surface area contributed by atoms with E-state index in [1.807, 2.05) is 13.8 Å². The number of aliphatic hydroxyl groups is 9. The molecule has 0 spiro atoms. The minimum Gasteiger partial charge on any atom is -0.394 e. The SMILES string of the molecule is CCC(CC)OP(C)N(C(C)C)C(C)C.CCC(CC)O[PH](=O)OC[C@H]1O[C@@H](C)[C@H](C)[C@@H]1CC.CO[PH](=O)OC(CO[PH](=O)OCCCCCOC1OC(CO)C(O)C(O)C1C)CO[PH](=O)OCCCCCOC1OC(CO)C(O)C(O)C1C.OCC(O)CO.[Y].[Y].[Y].[Y]. The number of ether oxygens (including phenoxy) is 5. The van der Waals surface area contributed by atoms with Crippen molar-refractivity contribution in [2.24, 2.45) is 23.7 Å². The molecule has 9 N–H and O–H groups in total. The van der Waals surface area contributed by atoms with Gasteiger partial charge in [-0.15, -0.1) is 0 Å². The summed E-state index contributed by atoms with van der Waals surface area (Å²) in [7, 11) is -10.5. The first-order chi connectivity index (χ1) is 42.7. The molecule has 0 amide bonds. The number of aliphatic hydroxyl groups excluding tert-OH is 9. The molecule has 28 nitrogen and oxygen atoms in total. The second kappa shape index (κ2) is 64.9. The van der Waals surface area contributed by atoms with Crippen LogP contribution in [-0.4, -0.2) is 235 Å². The minimum atomic E-state index is -2.94. The fourth-order valence-corrected chi connectivity index (χ4v) is 14.8. The molecule has 37 heteroatoms. The summed E-state index contributed by atoms with van der Waals surface area (Å²) in [6.07, 6.45) is -0.568. The monoisotopic (exact) mass is 1760 g/mol. The Kier molecular flexibility index (Phi) is 74.2. The molecular formula is C57H122NO27P5Y4. The maximum atomic E-state index is 12.2. The zero-order valence-corrected chi connectivity index (χ0v) is 74.9. The van der Waals surface area contributed by atoms with Crippen LogP contribution in [-0.2, 0) is 213 Å². The molecule has 3 fully saturated rings. The van der Waals surface area contributed by atoms with Crippen molar-refractivity contribution in [2.45, 2.75) is 259 Å². The van der Waals surface area contributed by atoms with Crippen molar-refractivity contribution in [2.75, 3.05) is 86.5 Å². The average Bonchev–Trinajstić information content (AvgIpc) is 1.85.